The van der Waals surface area contributed by atoms with Gasteiger partial charge >= 0.3 is 0 Å². The number of nitrogens with two attached hydrogens (primary N) is 1. The van der Waals surface area contributed by atoms with Crippen LogP contribution in [0.25, 0.3) is 0 Å². The van der Waals surface area contributed by atoms with Crippen molar-refractivity contribution in [3.05, 3.63) is 29.3 Å². The number of hydrogen-bond donors (Lipinski definition) is 3. The van der Waals surface area contributed by atoms with E-state index in [1.54, 1.807) is 18.2 Å². The van der Waals surface area contributed by atoms with Crippen molar-refractivity contribution < 1.29 is 13.2 Å². The minimum atomic E-state index is -2.98. The van der Waals surface area contributed by atoms with Crippen LogP contribution in [0, 0.1) is 6.92 Å². The van der Waals surface area contributed by atoms with Gasteiger partial charge in [-0.1, -0.05) is 0 Å². The first-order chi connectivity index (χ1) is 8.83. The van der Waals surface area contributed by atoms with Gasteiger partial charge in [-0.15, -0.1) is 0 Å². The first-order valence-electron chi connectivity index (χ1n) is 5.86. The lowest BCUT2D eigenvalue weighted by molar-refractivity contribution is 0.0953. The van der Waals surface area contributed by atoms with Crippen molar-refractivity contribution in [1.29, 1.82) is 0 Å². The van der Waals surface area contributed by atoms with E-state index in [9.17, 15) is 13.2 Å². The number of carbonyl (C=O) groups is 1. The van der Waals surface area contributed by atoms with E-state index in [1.165, 1.54) is 6.26 Å². The Morgan fingerprint density at radius 3 is 2.58 bits per heavy atom. The largest absolute Gasteiger partial charge is 0.352 e. The Labute approximate surface area is 113 Å². The van der Waals surface area contributed by atoms with Crippen LogP contribution < -0.4 is 16.6 Å². The maximum absolute atomic E-state index is 11.9. The summed E-state index contributed by atoms with van der Waals surface area (Å²) in [6.07, 6.45) is 1.59. The molecule has 7 heteroatoms. The van der Waals surface area contributed by atoms with Crippen LogP contribution >= 0.6 is 0 Å². The lowest BCUT2D eigenvalue weighted by Gasteiger charge is -2.09. The molecular formula is C12H19N3O3S. The minimum Gasteiger partial charge on any atom is -0.352 e. The summed E-state index contributed by atoms with van der Waals surface area (Å²) in [5.74, 6) is 5.13. The maximum Gasteiger partial charge on any atom is 0.251 e. The van der Waals surface area contributed by atoms with E-state index in [4.69, 9.17) is 5.84 Å². The summed E-state index contributed by atoms with van der Waals surface area (Å²) >= 11 is 0. The number of hydrogen-bond acceptors (Lipinski definition) is 5. The number of benzene rings is 1. The Morgan fingerprint density at radius 2 is 2.05 bits per heavy atom. The molecule has 0 fully saturated rings. The average Bonchev–Trinajstić information content (AvgIpc) is 2.33. The zero-order valence-corrected chi connectivity index (χ0v) is 11.9. The Balaban J connectivity index is 2.54. The van der Waals surface area contributed by atoms with Gasteiger partial charge in [0.05, 0.1) is 5.75 Å². The molecule has 0 aliphatic rings. The fraction of sp³-hybridized carbons (Fsp3) is 0.417. The quantitative estimate of drug-likeness (QED) is 0.400. The second-order valence-electron chi connectivity index (χ2n) is 4.41. The molecule has 106 valence electrons. The van der Waals surface area contributed by atoms with Gasteiger partial charge in [-0.25, -0.2) is 8.42 Å². The molecule has 0 atom stereocenters. The molecule has 0 saturated carbocycles. The number of rotatable bonds is 6. The second kappa shape index (κ2) is 6.53. The Bertz CT molecular complexity index is 555. The monoisotopic (exact) mass is 285 g/mol. The zero-order chi connectivity index (χ0) is 14.5. The van der Waals surface area contributed by atoms with Crippen molar-refractivity contribution in [2.45, 2.75) is 13.3 Å². The molecule has 0 aliphatic carbocycles. The molecule has 4 N–H and O–H groups in total. The Hall–Kier alpha value is -1.60. The summed E-state index contributed by atoms with van der Waals surface area (Å²) in [7, 11) is -2.98. The third kappa shape index (κ3) is 5.27. The van der Waals surface area contributed by atoms with Crippen LogP contribution in [0.1, 0.15) is 22.3 Å². The number of hydrazine groups is 1. The normalized spacial score (nSPS) is 11.1. The third-order valence-corrected chi connectivity index (χ3v) is 3.65. The molecule has 1 aromatic rings. The molecule has 19 heavy (non-hydrogen) atoms. The van der Waals surface area contributed by atoms with E-state index in [-0.39, 0.29) is 11.7 Å². The minimum absolute atomic E-state index is 0.0717. The van der Waals surface area contributed by atoms with Gasteiger partial charge < -0.3 is 10.7 Å². The van der Waals surface area contributed by atoms with Gasteiger partial charge in [-0.2, -0.15) is 0 Å². The highest BCUT2D eigenvalue weighted by molar-refractivity contribution is 7.90. The van der Waals surface area contributed by atoms with E-state index >= 15 is 0 Å². The lowest BCUT2D eigenvalue weighted by Crippen LogP contribution is -2.26. The average molecular weight is 285 g/mol. The molecule has 0 saturated heterocycles. The zero-order valence-electron chi connectivity index (χ0n) is 11.1. The number of sulfone groups is 1. The molecule has 0 heterocycles. The summed E-state index contributed by atoms with van der Waals surface area (Å²) in [6.45, 7) is 2.15. The number of carbonyl (C=O) groups excluding carboxylic acids is 1. The highest BCUT2D eigenvalue weighted by Crippen LogP contribution is 2.14. The van der Waals surface area contributed by atoms with Gasteiger partial charge in [-0.3, -0.25) is 10.6 Å². The van der Waals surface area contributed by atoms with Crippen LogP contribution in [0.5, 0.6) is 0 Å². The standard InChI is InChI=1S/C12H19N3O3S/c1-9-8-10(15-13)4-5-11(9)12(16)14-6-3-7-19(2,17)18/h4-5,8,15H,3,6-7,13H2,1-2H3,(H,14,16). The number of nitrogens with one attached hydrogen (secondary N) is 2. The Kier molecular flexibility index (Phi) is 5.31. The van der Waals surface area contributed by atoms with Gasteiger partial charge in [-0.05, 0) is 37.1 Å². The summed E-state index contributed by atoms with van der Waals surface area (Å²) in [6, 6.07) is 5.15. The van der Waals surface area contributed by atoms with Crippen molar-refractivity contribution in [1.82, 2.24) is 5.32 Å². The van der Waals surface area contributed by atoms with Crippen LogP contribution in [0.2, 0.25) is 0 Å². The van der Waals surface area contributed by atoms with E-state index in [0.29, 0.717) is 18.5 Å². The van der Waals surface area contributed by atoms with E-state index in [1.807, 2.05) is 6.92 Å². The fourth-order valence-corrected chi connectivity index (χ4v) is 2.31. The predicted octanol–water partition coefficient (Wildman–Crippen LogP) is 0.445. The predicted molar refractivity (Wildman–Crippen MR) is 75.7 cm³/mol. The summed E-state index contributed by atoms with van der Waals surface area (Å²) in [4.78, 5) is 11.9. The van der Waals surface area contributed by atoms with Gasteiger partial charge in [0.1, 0.15) is 9.84 Å². The molecule has 0 unspecified atom stereocenters. The van der Waals surface area contributed by atoms with Gasteiger partial charge in [0, 0.05) is 24.1 Å². The Morgan fingerprint density at radius 1 is 1.37 bits per heavy atom. The van der Waals surface area contributed by atoms with Crippen LogP contribution in [-0.4, -0.2) is 32.9 Å². The first-order valence-corrected chi connectivity index (χ1v) is 7.93. The maximum atomic E-state index is 11.9. The molecule has 0 aliphatic heterocycles. The summed E-state index contributed by atoms with van der Waals surface area (Å²) in [5, 5.41) is 2.69. The van der Waals surface area contributed by atoms with Gasteiger partial charge in [0.15, 0.2) is 0 Å². The fourth-order valence-electron chi connectivity index (χ4n) is 1.64. The van der Waals surface area contributed by atoms with E-state index < -0.39 is 9.84 Å². The van der Waals surface area contributed by atoms with Crippen LogP contribution in [0.3, 0.4) is 0 Å². The van der Waals surface area contributed by atoms with E-state index in [2.05, 4.69) is 10.7 Å². The number of nitrogen functional groups attached to an aromatic ring is 1. The van der Waals surface area contributed by atoms with Gasteiger partial charge in [0.25, 0.3) is 5.91 Å². The van der Waals surface area contributed by atoms with Crippen LogP contribution in [-0.2, 0) is 9.84 Å². The molecule has 0 spiro atoms. The lowest BCUT2D eigenvalue weighted by atomic mass is 10.1. The van der Waals surface area contributed by atoms with Crippen molar-refractivity contribution in [3.8, 4) is 0 Å². The third-order valence-electron chi connectivity index (χ3n) is 2.62. The van der Waals surface area contributed by atoms with Crippen LogP contribution in [0.15, 0.2) is 18.2 Å². The van der Waals surface area contributed by atoms with Crippen molar-refractivity contribution in [2.24, 2.45) is 5.84 Å². The SMILES string of the molecule is Cc1cc(NN)ccc1C(=O)NCCCS(C)(=O)=O. The molecular weight excluding hydrogens is 266 g/mol. The van der Waals surface area contributed by atoms with Crippen LogP contribution in [0.4, 0.5) is 5.69 Å². The number of aryl methyl sites for hydroxylation is 1. The first kappa shape index (κ1) is 15.5. The topological polar surface area (TPSA) is 101 Å². The second-order valence-corrected chi connectivity index (χ2v) is 6.67. The smallest absolute Gasteiger partial charge is 0.251 e. The summed E-state index contributed by atoms with van der Waals surface area (Å²) in [5.41, 5.74) is 4.59. The molecule has 1 aromatic carbocycles. The molecule has 1 amide bonds. The number of anilines is 1. The molecule has 6 nitrogen and oxygen atoms in total. The van der Waals surface area contributed by atoms with Crippen molar-refractivity contribution in [3.63, 3.8) is 0 Å². The van der Waals surface area contributed by atoms with Crippen molar-refractivity contribution in [2.75, 3.05) is 24.0 Å². The van der Waals surface area contributed by atoms with Gasteiger partial charge in [0.2, 0.25) is 0 Å². The molecule has 0 radical (unpaired) electrons. The molecule has 1 rings (SSSR count). The highest BCUT2D eigenvalue weighted by Gasteiger charge is 2.09. The summed E-state index contributed by atoms with van der Waals surface area (Å²) < 4.78 is 21.9. The molecule has 0 bridgehead atoms. The van der Waals surface area contributed by atoms with E-state index in [0.717, 1.165) is 11.3 Å². The molecule has 0 aromatic heterocycles. The van der Waals surface area contributed by atoms with Crippen molar-refractivity contribution >= 4 is 21.4 Å². The highest BCUT2D eigenvalue weighted by atomic mass is 32.2. The number of amides is 1.